The maximum absolute atomic E-state index is 11.4. The van der Waals surface area contributed by atoms with Crippen LogP contribution in [0, 0.1) is 11.3 Å². The smallest absolute Gasteiger partial charge is 0.259 e. The van der Waals surface area contributed by atoms with Crippen molar-refractivity contribution in [1.29, 1.82) is 5.26 Å². The number of nitrogens with zero attached hydrogens (tertiary/aromatic N) is 2. The van der Waals surface area contributed by atoms with Crippen LogP contribution in [0.15, 0.2) is 18.3 Å². The van der Waals surface area contributed by atoms with Gasteiger partial charge in [0.05, 0.1) is 6.61 Å². The average molecular weight is 208 g/mol. The van der Waals surface area contributed by atoms with E-state index >= 15 is 0 Å². The third kappa shape index (κ3) is 2.34. The van der Waals surface area contributed by atoms with Crippen molar-refractivity contribution in [3.05, 3.63) is 24.0 Å². The van der Waals surface area contributed by atoms with E-state index in [1.54, 1.807) is 18.3 Å². The van der Waals surface area contributed by atoms with Gasteiger partial charge in [-0.1, -0.05) is 0 Å². The molecule has 0 fully saturated rings. The highest BCUT2D eigenvalue weighted by Crippen LogP contribution is 2.11. The normalized spacial score (nSPS) is 11.8. The number of methoxy groups -OCH3 is 1. The van der Waals surface area contributed by atoms with Crippen LogP contribution in [0.3, 0.4) is 0 Å². The van der Waals surface area contributed by atoms with Gasteiger partial charge in [0, 0.05) is 13.3 Å². The summed E-state index contributed by atoms with van der Waals surface area (Å²) in [5.74, 6) is 4.65. The molecule has 1 amide bonds. The van der Waals surface area contributed by atoms with Gasteiger partial charge in [-0.05, 0) is 12.1 Å². The first-order valence-electron chi connectivity index (χ1n) is 4.31. The number of hydrazine groups is 1. The van der Waals surface area contributed by atoms with Crippen molar-refractivity contribution in [2.75, 3.05) is 13.7 Å². The third-order valence-corrected chi connectivity index (χ3v) is 2.00. The van der Waals surface area contributed by atoms with E-state index in [1.807, 2.05) is 11.5 Å². The number of carbonyl (C=O) groups excluding carboxylic acids is 1. The first kappa shape index (κ1) is 11.2. The molecule has 1 rings (SSSR count). The number of nitrogens with two attached hydrogens (primary N) is 1. The number of nitriles is 1. The van der Waals surface area contributed by atoms with Crippen molar-refractivity contribution in [2.24, 2.45) is 5.84 Å². The fraction of sp³-hybridized carbons (Fsp3) is 0.333. The fourth-order valence-corrected chi connectivity index (χ4v) is 1.30. The fourth-order valence-electron chi connectivity index (χ4n) is 1.30. The summed E-state index contributed by atoms with van der Waals surface area (Å²) >= 11 is 0. The predicted octanol–water partition coefficient (Wildman–Crippen LogP) is -0.463. The van der Waals surface area contributed by atoms with E-state index in [4.69, 9.17) is 15.8 Å². The summed E-state index contributed by atoms with van der Waals surface area (Å²) in [6.07, 6.45) is 1.64. The maximum Gasteiger partial charge on any atom is 0.259 e. The number of hydrogen-bond acceptors (Lipinski definition) is 4. The molecule has 0 spiro atoms. The Labute approximate surface area is 87.2 Å². The molecule has 6 nitrogen and oxygen atoms in total. The Hall–Kier alpha value is -1.84. The van der Waals surface area contributed by atoms with Crippen LogP contribution >= 0.6 is 0 Å². The molecule has 6 heteroatoms. The number of rotatable bonds is 4. The van der Waals surface area contributed by atoms with Gasteiger partial charge in [-0.15, -0.1) is 0 Å². The second kappa shape index (κ2) is 5.14. The summed E-state index contributed by atoms with van der Waals surface area (Å²) in [7, 11) is 1.48. The van der Waals surface area contributed by atoms with Crippen molar-refractivity contribution < 1.29 is 9.53 Å². The van der Waals surface area contributed by atoms with Crippen LogP contribution in [0.1, 0.15) is 11.7 Å². The van der Waals surface area contributed by atoms with Crippen molar-refractivity contribution in [3.8, 4) is 6.07 Å². The van der Waals surface area contributed by atoms with Crippen molar-refractivity contribution in [1.82, 2.24) is 9.99 Å². The molecule has 15 heavy (non-hydrogen) atoms. The zero-order valence-corrected chi connectivity index (χ0v) is 8.30. The maximum atomic E-state index is 11.4. The van der Waals surface area contributed by atoms with Crippen molar-refractivity contribution in [3.63, 3.8) is 0 Å². The average Bonchev–Trinajstić information content (AvgIpc) is 2.72. The molecule has 0 saturated carbocycles. The topological polar surface area (TPSA) is 93.1 Å². The summed E-state index contributed by atoms with van der Waals surface area (Å²) < 4.78 is 6.42. The molecule has 0 radical (unpaired) electrons. The summed E-state index contributed by atoms with van der Waals surface area (Å²) in [5.41, 5.74) is 2.43. The Morgan fingerprint density at radius 3 is 3.13 bits per heavy atom. The van der Waals surface area contributed by atoms with Crippen molar-refractivity contribution >= 4 is 5.91 Å². The van der Waals surface area contributed by atoms with E-state index in [1.165, 1.54) is 11.7 Å². The number of amides is 1. The van der Waals surface area contributed by atoms with Gasteiger partial charge in [0.2, 0.25) is 0 Å². The Morgan fingerprint density at radius 2 is 2.60 bits per heavy atom. The SMILES string of the molecule is COCC(C(=O)NN)n1cccc1C#N. The monoisotopic (exact) mass is 208 g/mol. The molecule has 1 aromatic rings. The van der Waals surface area contributed by atoms with Gasteiger partial charge in [0.1, 0.15) is 17.8 Å². The third-order valence-electron chi connectivity index (χ3n) is 2.00. The zero-order valence-electron chi connectivity index (χ0n) is 8.30. The standard InChI is InChI=1S/C9H12N4O2/c1-15-6-8(9(14)12-11)13-4-2-3-7(13)5-10/h2-4,8H,6,11H2,1H3,(H,12,14). The molecule has 1 unspecified atom stereocenters. The van der Waals surface area contributed by atoms with Crippen molar-refractivity contribution in [2.45, 2.75) is 6.04 Å². The molecular formula is C9H12N4O2. The molecule has 0 aliphatic carbocycles. The Kier molecular flexibility index (Phi) is 3.85. The minimum atomic E-state index is -0.621. The molecule has 1 aromatic heterocycles. The molecule has 0 aliphatic rings. The number of nitrogens with one attached hydrogen (secondary N) is 1. The first-order chi connectivity index (χ1) is 7.24. The van der Waals surface area contributed by atoms with E-state index in [0.717, 1.165) is 0 Å². The second-order valence-electron chi connectivity index (χ2n) is 2.89. The number of hydrogen-bond donors (Lipinski definition) is 2. The molecule has 0 aliphatic heterocycles. The summed E-state index contributed by atoms with van der Waals surface area (Å²) in [6, 6.07) is 4.66. The Balaban J connectivity index is 2.99. The molecule has 0 saturated heterocycles. The number of aromatic nitrogens is 1. The molecular weight excluding hydrogens is 196 g/mol. The highest BCUT2D eigenvalue weighted by atomic mass is 16.5. The lowest BCUT2D eigenvalue weighted by Gasteiger charge is -2.16. The van der Waals surface area contributed by atoms with Gasteiger partial charge in [-0.3, -0.25) is 10.2 Å². The van der Waals surface area contributed by atoms with Gasteiger partial charge < -0.3 is 9.30 Å². The van der Waals surface area contributed by atoms with Gasteiger partial charge >= 0.3 is 0 Å². The molecule has 0 aromatic carbocycles. The minimum absolute atomic E-state index is 0.159. The summed E-state index contributed by atoms with van der Waals surface area (Å²) in [5, 5.41) is 8.80. The molecule has 80 valence electrons. The molecule has 3 N–H and O–H groups in total. The second-order valence-corrected chi connectivity index (χ2v) is 2.89. The Bertz CT molecular complexity index is 380. The zero-order chi connectivity index (χ0) is 11.3. The minimum Gasteiger partial charge on any atom is -0.382 e. The van der Waals surface area contributed by atoms with Crippen LogP contribution in [0.4, 0.5) is 0 Å². The van der Waals surface area contributed by atoms with Crippen LogP contribution < -0.4 is 11.3 Å². The number of carbonyl (C=O) groups is 1. The largest absolute Gasteiger partial charge is 0.382 e. The van der Waals surface area contributed by atoms with E-state index in [0.29, 0.717) is 5.69 Å². The van der Waals surface area contributed by atoms with Gasteiger partial charge in [-0.25, -0.2) is 5.84 Å². The van der Waals surface area contributed by atoms with E-state index < -0.39 is 11.9 Å². The van der Waals surface area contributed by atoms with Crippen LogP contribution in [0.5, 0.6) is 0 Å². The van der Waals surface area contributed by atoms with Gasteiger partial charge in [0.15, 0.2) is 0 Å². The highest BCUT2D eigenvalue weighted by Gasteiger charge is 2.20. The predicted molar refractivity (Wildman–Crippen MR) is 52.4 cm³/mol. The van der Waals surface area contributed by atoms with Gasteiger partial charge in [0.25, 0.3) is 5.91 Å². The molecule has 0 bridgehead atoms. The van der Waals surface area contributed by atoms with E-state index in [9.17, 15) is 4.79 Å². The Morgan fingerprint density at radius 1 is 1.87 bits per heavy atom. The molecule has 1 atom stereocenters. The lowest BCUT2D eigenvalue weighted by molar-refractivity contribution is -0.125. The van der Waals surface area contributed by atoms with Crippen LogP contribution in [-0.4, -0.2) is 24.2 Å². The van der Waals surface area contributed by atoms with Crippen LogP contribution in [-0.2, 0) is 9.53 Å². The lowest BCUT2D eigenvalue weighted by atomic mass is 10.3. The van der Waals surface area contributed by atoms with Gasteiger partial charge in [-0.2, -0.15) is 5.26 Å². The quantitative estimate of drug-likeness (QED) is 0.397. The summed E-state index contributed by atoms with van der Waals surface area (Å²) in [4.78, 5) is 11.4. The van der Waals surface area contributed by atoms with E-state index in [-0.39, 0.29) is 6.61 Å². The molecule has 1 heterocycles. The van der Waals surface area contributed by atoms with E-state index in [2.05, 4.69) is 0 Å². The van der Waals surface area contributed by atoms with Crippen LogP contribution in [0.25, 0.3) is 0 Å². The summed E-state index contributed by atoms with van der Waals surface area (Å²) in [6.45, 7) is 0.159. The lowest BCUT2D eigenvalue weighted by Crippen LogP contribution is -2.39. The first-order valence-corrected chi connectivity index (χ1v) is 4.31. The van der Waals surface area contributed by atoms with Crippen LogP contribution in [0.2, 0.25) is 0 Å². The highest BCUT2D eigenvalue weighted by molar-refractivity contribution is 5.80. The number of ether oxygens (including phenoxy) is 1.